The molecule has 1 heterocycles. The Bertz CT molecular complexity index is 1290. The van der Waals surface area contributed by atoms with Crippen LogP contribution in [-0.4, -0.2) is 54.0 Å². The number of phenols is 2. The van der Waals surface area contributed by atoms with Crippen LogP contribution in [-0.2, 0) is 19.9 Å². The Balaban J connectivity index is 0.000000234. The van der Waals surface area contributed by atoms with Gasteiger partial charge in [0.15, 0.2) is 0 Å². The number of amides is 2. The van der Waals surface area contributed by atoms with E-state index in [2.05, 4.69) is 31.5 Å². The van der Waals surface area contributed by atoms with Crippen LogP contribution in [0.15, 0.2) is 36.4 Å². The number of rotatable bonds is 5. The highest BCUT2D eigenvalue weighted by atomic mass is 32.2. The highest BCUT2D eigenvalue weighted by Gasteiger charge is 2.07. The predicted octanol–water partition coefficient (Wildman–Crippen LogP) is 2.52. The number of carbonyl (C=O) groups excluding carboxylic acids is 2. The fourth-order valence-corrected chi connectivity index (χ4v) is 2.89. The van der Waals surface area contributed by atoms with Gasteiger partial charge in [0.1, 0.15) is 11.5 Å². The van der Waals surface area contributed by atoms with Crippen LogP contribution in [0.25, 0.3) is 5.69 Å². The van der Waals surface area contributed by atoms with Gasteiger partial charge in [0.05, 0.1) is 17.1 Å². The number of aromatic amines is 1. The summed E-state index contributed by atoms with van der Waals surface area (Å²) in [5, 5.41) is 36.7. The van der Waals surface area contributed by atoms with E-state index in [1.165, 1.54) is 30.7 Å². The molecular formula is C19H23N8O4S2-. The second-order valence-electron chi connectivity index (χ2n) is 6.53. The Labute approximate surface area is 196 Å². The third kappa shape index (κ3) is 7.93. The van der Waals surface area contributed by atoms with Crippen molar-refractivity contribution < 1.29 is 19.8 Å². The third-order valence-electron chi connectivity index (χ3n) is 3.73. The highest BCUT2D eigenvalue weighted by Crippen LogP contribution is 2.26. The van der Waals surface area contributed by atoms with E-state index in [9.17, 15) is 19.8 Å². The Morgan fingerprint density at radius 3 is 2.18 bits per heavy atom. The van der Waals surface area contributed by atoms with Crippen molar-refractivity contribution in [2.75, 3.05) is 22.2 Å². The van der Waals surface area contributed by atoms with Crippen molar-refractivity contribution in [1.82, 2.24) is 20.2 Å². The molecule has 0 radical (unpaired) electrons. The molecule has 0 atom stereocenters. The molecular weight excluding hydrogens is 468 g/mol. The van der Waals surface area contributed by atoms with Crippen molar-refractivity contribution in [3.63, 3.8) is 0 Å². The van der Waals surface area contributed by atoms with Gasteiger partial charge in [-0.05, 0) is 48.6 Å². The first-order chi connectivity index (χ1) is 15.6. The van der Waals surface area contributed by atoms with Gasteiger partial charge in [0.25, 0.3) is 0 Å². The SMILES string of the molecule is CC(=O)Nc1cc(-n2[nH]nnc2=S)ccc1O.CC(=O)Nc1cc(NC=[S-](C)=N)ccc1O. The Morgan fingerprint density at radius 2 is 1.67 bits per heavy atom. The van der Waals surface area contributed by atoms with Crippen LogP contribution in [0.4, 0.5) is 17.1 Å². The third-order valence-corrected chi connectivity index (χ3v) is 4.47. The molecule has 0 spiro atoms. The minimum absolute atomic E-state index is 0.0159. The molecule has 3 aromatic rings. The molecule has 0 fully saturated rings. The molecule has 14 heteroatoms. The summed E-state index contributed by atoms with van der Waals surface area (Å²) in [6.45, 7) is 2.73. The van der Waals surface area contributed by atoms with E-state index in [1.807, 2.05) is 0 Å². The predicted molar refractivity (Wildman–Crippen MR) is 131 cm³/mol. The first kappa shape index (κ1) is 25.4. The number of hydrogen-bond donors (Lipinski definition) is 7. The summed E-state index contributed by atoms with van der Waals surface area (Å²) < 4.78 is 9.03. The zero-order valence-corrected chi connectivity index (χ0v) is 19.5. The Hall–Kier alpha value is -3.91. The van der Waals surface area contributed by atoms with Crippen LogP contribution >= 0.6 is 12.2 Å². The molecule has 2 aromatic carbocycles. The van der Waals surface area contributed by atoms with Crippen molar-refractivity contribution in [2.45, 2.75) is 13.8 Å². The quantitative estimate of drug-likeness (QED) is 0.123. The molecule has 1 aromatic heterocycles. The summed E-state index contributed by atoms with van der Waals surface area (Å²) in [4.78, 5) is 21.8. The molecule has 12 nitrogen and oxygen atoms in total. The monoisotopic (exact) mass is 491 g/mol. The largest absolute Gasteiger partial charge is 0.506 e. The van der Waals surface area contributed by atoms with Crippen LogP contribution < -0.4 is 16.0 Å². The number of tetrazole rings is 1. The standard InChI is InChI=1S/C10H14N3O2S.C9H9N5O2S/c1-7(14)13-9-5-8(3-4-10(9)15)12-6-16(2)11;1-5(15)10-7-4-6(2-3-8(7)16)14-9(17)11-12-13-14/h3-6,11-12,15H,1-2H3,(H,13,14);2-4,16H,1H3,(H,10,15)(H,11,13,17)/q-1;. The van der Waals surface area contributed by atoms with Gasteiger partial charge in [-0.25, -0.2) is 4.68 Å². The number of aromatic hydroxyl groups is 2. The van der Waals surface area contributed by atoms with Crippen LogP contribution in [0.2, 0.25) is 0 Å². The molecule has 0 bridgehead atoms. The normalized spacial score (nSPS) is 11.1. The molecule has 0 saturated carbocycles. The van der Waals surface area contributed by atoms with Crippen LogP contribution in [0.1, 0.15) is 13.8 Å². The van der Waals surface area contributed by atoms with Crippen molar-refractivity contribution >= 4 is 56.9 Å². The second-order valence-corrected chi connectivity index (χ2v) is 8.25. The van der Waals surface area contributed by atoms with Crippen molar-refractivity contribution in [3.05, 3.63) is 41.2 Å². The number of hydrogen-bond acceptors (Lipinski definition) is 9. The van der Waals surface area contributed by atoms with E-state index in [-0.39, 0.29) is 28.1 Å². The Morgan fingerprint density at radius 1 is 1.09 bits per heavy atom. The molecule has 0 unspecified atom stereocenters. The summed E-state index contributed by atoms with van der Waals surface area (Å²) in [6, 6.07) is 9.40. The van der Waals surface area contributed by atoms with Gasteiger partial charge in [-0.3, -0.25) is 9.59 Å². The first-order valence-corrected chi connectivity index (χ1v) is 11.3. The van der Waals surface area contributed by atoms with Gasteiger partial charge in [-0.15, -0.1) is 11.7 Å². The molecule has 33 heavy (non-hydrogen) atoms. The fourth-order valence-electron chi connectivity index (χ4n) is 2.39. The maximum Gasteiger partial charge on any atom is 0.242 e. The van der Waals surface area contributed by atoms with Crippen molar-refractivity contribution in [2.24, 2.45) is 0 Å². The van der Waals surface area contributed by atoms with Crippen molar-refractivity contribution in [3.8, 4) is 17.2 Å². The van der Waals surface area contributed by atoms with Crippen molar-refractivity contribution in [1.29, 1.82) is 4.78 Å². The van der Waals surface area contributed by atoms with E-state index in [1.54, 1.807) is 36.0 Å². The van der Waals surface area contributed by atoms with Gasteiger partial charge in [0, 0.05) is 19.5 Å². The summed E-state index contributed by atoms with van der Waals surface area (Å²) in [6.07, 6.45) is 1.75. The Kier molecular flexibility index (Phi) is 8.94. The number of aromatic nitrogens is 4. The van der Waals surface area contributed by atoms with E-state index >= 15 is 0 Å². The lowest BCUT2D eigenvalue weighted by molar-refractivity contribution is -0.115. The molecule has 0 aliphatic carbocycles. The number of carbonyl (C=O) groups is 2. The number of nitrogens with zero attached hydrogens (tertiary/aromatic N) is 3. The van der Waals surface area contributed by atoms with Gasteiger partial charge in [0.2, 0.25) is 16.6 Å². The first-order valence-electron chi connectivity index (χ1n) is 9.24. The van der Waals surface area contributed by atoms with Crippen LogP contribution in [0.5, 0.6) is 11.5 Å². The van der Waals surface area contributed by atoms with Crippen LogP contribution in [0.3, 0.4) is 0 Å². The number of H-pyrrole nitrogens is 1. The zero-order valence-electron chi connectivity index (χ0n) is 17.9. The summed E-state index contributed by atoms with van der Waals surface area (Å²) in [7, 11) is -0.575. The lowest BCUT2D eigenvalue weighted by Gasteiger charge is -2.09. The van der Waals surface area contributed by atoms with Gasteiger partial charge < -0.3 is 41.2 Å². The molecule has 3 rings (SSSR count). The maximum absolute atomic E-state index is 10.9. The average Bonchev–Trinajstić information content (AvgIpc) is 3.16. The van der Waals surface area contributed by atoms with Gasteiger partial charge >= 0.3 is 0 Å². The molecule has 7 N–H and O–H groups in total. The lowest BCUT2D eigenvalue weighted by Crippen LogP contribution is -2.07. The molecule has 0 aliphatic rings. The van der Waals surface area contributed by atoms with Gasteiger partial charge in [-0.2, -0.15) is 5.21 Å². The van der Waals surface area contributed by atoms with E-state index in [0.717, 1.165) is 0 Å². The summed E-state index contributed by atoms with van der Waals surface area (Å²) >= 11 is 4.94. The zero-order chi connectivity index (χ0) is 24.5. The van der Waals surface area contributed by atoms with Crippen LogP contribution in [0, 0.1) is 9.55 Å². The lowest BCUT2D eigenvalue weighted by atomic mass is 10.2. The number of nitrogens with one attached hydrogen (secondary N) is 5. The number of benzene rings is 2. The maximum atomic E-state index is 10.9. The minimum Gasteiger partial charge on any atom is -0.506 e. The van der Waals surface area contributed by atoms with E-state index in [0.29, 0.717) is 22.7 Å². The summed E-state index contributed by atoms with van der Waals surface area (Å²) in [5.74, 6) is -0.527. The number of phenolic OH excluding ortho intramolecular Hbond substituents is 2. The van der Waals surface area contributed by atoms with E-state index < -0.39 is 10.3 Å². The summed E-state index contributed by atoms with van der Waals surface area (Å²) in [5.41, 5.74) is 3.61. The van der Waals surface area contributed by atoms with Gasteiger partial charge in [-0.1, -0.05) is 10.3 Å². The minimum atomic E-state index is -0.575. The molecule has 0 saturated heterocycles. The molecule has 0 aliphatic heterocycles. The fraction of sp³-hybridized carbons (Fsp3) is 0.158. The number of anilines is 3. The smallest absolute Gasteiger partial charge is 0.242 e. The molecule has 2 amide bonds. The average molecular weight is 492 g/mol. The second kappa shape index (κ2) is 11.6. The topological polar surface area (TPSA) is 181 Å². The van der Waals surface area contributed by atoms with E-state index in [4.69, 9.17) is 17.0 Å². The highest BCUT2D eigenvalue weighted by molar-refractivity contribution is 7.84. The molecule has 176 valence electrons.